The molecule has 2 aliphatic rings. The van der Waals surface area contributed by atoms with Crippen LogP contribution in [0.5, 0.6) is 0 Å². The van der Waals surface area contributed by atoms with Gasteiger partial charge >= 0.3 is 29.9 Å². The molecule has 1 atom stereocenters. The quantitative estimate of drug-likeness (QED) is 0.127. The van der Waals surface area contributed by atoms with Gasteiger partial charge in [-0.25, -0.2) is 27.4 Å². The zero-order valence-electron chi connectivity index (χ0n) is 30.1. The molecule has 300 valence electrons. The highest BCUT2D eigenvalue weighted by molar-refractivity contribution is 7.91. The molecule has 2 aliphatic heterocycles. The monoisotopic (exact) mass is 832 g/mol. The number of hydrogen-bond donors (Lipinski definition) is 5. The number of benzene rings is 3. The van der Waals surface area contributed by atoms with Gasteiger partial charge in [-0.15, -0.1) is 5.10 Å². The summed E-state index contributed by atoms with van der Waals surface area (Å²) in [5.74, 6) is -4.16. The van der Waals surface area contributed by atoms with Crippen molar-refractivity contribution >= 4 is 85.2 Å². The Balaban J connectivity index is 1.13. The first-order chi connectivity index (χ1) is 27.7. The van der Waals surface area contributed by atoms with Gasteiger partial charge in [-0.05, 0) is 83.4 Å². The van der Waals surface area contributed by atoms with E-state index in [9.17, 15) is 47.4 Å². The summed E-state index contributed by atoms with van der Waals surface area (Å²) >= 11 is 6.29. The molecule has 0 saturated carbocycles. The maximum absolute atomic E-state index is 14.2. The molecule has 5 aromatic rings. The third-order valence-corrected chi connectivity index (χ3v) is 11.7. The zero-order valence-corrected chi connectivity index (χ0v) is 31.7. The van der Waals surface area contributed by atoms with E-state index in [1.807, 2.05) is 0 Å². The predicted molar refractivity (Wildman–Crippen MR) is 207 cm³/mol. The molecule has 4 heterocycles. The highest BCUT2D eigenvalue weighted by Gasteiger charge is 2.41. The minimum atomic E-state index is -3.10. The number of carboxylic acid groups (broad SMARTS) is 2. The van der Waals surface area contributed by atoms with E-state index in [1.165, 1.54) is 40.2 Å². The van der Waals surface area contributed by atoms with Crippen LogP contribution in [0.2, 0.25) is 5.02 Å². The summed E-state index contributed by atoms with van der Waals surface area (Å²) in [6, 6.07) is 14.2. The van der Waals surface area contributed by atoms with Gasteiger partial charge in [-0.3, -0.25) is 14.4 Å². The number of carbonyl (C=O) groups excluding carboxylic acids is 4. The number of amides is 5. The highest BCUT2D eigenvalue weighted by atomic mass is 35.5. The number of carboxylic acids is 1. The molecule has 0 aliphatic carbocycles. The Bertz CT molecular complexity index is 2570. The van der Waals surface area contributed by atoms with Gasteiger partial charge in [0.25, 0.3) is 0 Å². The lowest BCUT2D eigenvalue weighted by atomic mass is 10.0. The van der Waals surface area contributed by atoms with E-state index in [0.29, 0.717) is 34.3 Å². The number of hydrogen-bond acceptors (Lipinski definition) is 11. The van der Waals surface area contributed by atoms with Gasteiger partial charge in [-0.1, -0.05) is 23.7 Å². The molecule has 58 heavy (non-hydrogen) atoms. The second-order valence-corrected chi connectivity index (χ2v) is 16.2. The zero-order chi connectivity index (χ0) is 41.3. The van der Waals surface area contributed by atoms with E-state index in [2.05, 4.69) is 31.5 Å². The Hall–Kier alpha value is -6.87. The van der Waals surface area contributed by atoms with Crippen LogP contribution in [0, 0.1) is 0 Å². The molecule has 5 N–H and O–H groups in total. The fourth-order valence-electron chi connectivity index (χ4n) is 6.92. The number of fused-ring (bicyclic) bond motifs is 1. The van der Waals surface area contributed by atoms with Crippen molar-refractivity contribution in [3.05, 3.63) is 89.3 Å². The van der Waals surface area contributed by atoms with Crippen LogP contribution in [0.4, 0.5) is 26.7 Å². The average Bonchev–Trinajstić information content (AvgIpc) is 3.86. The van der Waals surface area contributed by atoms with Gasteiger partial charge < -0.3 is 36.0 Å². The molecule has 2 saturated heterocycles. The first-order valence-corrected chi connectivity index (χ1v) is 19.8. The Morgan fingerprint density at radius 1 is 0.862 bits per heavy atom. The number of urea groups is 1. The molecular weight excluding hydrogens is 800 g/mol. The molecule has 0 unspecified atom stereocenters. The van der Waals surface area contributed by atoms with Crippen molar-refractivity contribution in [1.29, 1.82) is 0 Å². The molecule has 20 nitrogen and oxygen atoms in total. The van der Waals surface area contributed by atoms with Crippen LogP contribution in [0.1, 0.15) is 28.9 Å². The lowest BCUT2D eigenvalue weighted by Gasteiger charge is -2.38. The number of aromatic nitrogens is 5. The van der Waals surface area contributed by atoms with Crippen LogP contribution in [0.15, 0.2) is 73.1 Å². The smallest absolute Gasteiger partial charge is 0.416 e. The van der Waals surface area contributed by atoms with Crippen LogP contribution in [-0.2, 0) is 30.6 Å². The summed E-state index contributed by atoms with van der Waals surface area (Å²) in [6.45, 7) is -0.156. The van der Waals surface area contributed by atoms with Crippen molar-refractivity contribution in [2.45, 2.75) is 31.3 Å². The lowest BCUT2D eigenvalue weighted by molar-refractivity contribution is -0.149. The molecule has 22 heteroatoms. The third-order valence-electron chi connectivity index (χ3n) is 9.77. The maximum atomic E-state index is 14.2. The Kier molecular flexibility index (Phi) is 10.8. The van der Waals surface area contributed by atoms with Crippen LogP contribution in [0.3, 0.4) is 0 Å². The molecular formula is C36H33ClN10O10S. The second-order valence-electron chi connectivity index (χ2n) is 13.5. The number of nitrogens with one attached hydrogen (secondary N) is 3. The average molecular weight is 833 g/mol. The SMILES string of the molecule is O=C(Nc1ccc(C[C@@H](C(=O)Nc2ccc3c(c2)cc(C(=O)O)n3C(=O)O)N2CCN(c3cc(Cl)ccc3-n3cnnn3)C(=O)C2=O)cc1)NC1CCS(=O)(=O)CC1. The van der Waals surface area contributed by atoms with Crippen molar-refractivity contribution in [3.8, 4) is 5.69 Å². The summed E-state index contributed by atoms with van der Waals surface area (Å²) in [7, 11) is -3.10. The van der Waals surface area contributed by atoms with Crippen molar-refractivity contribution in [1.82, 2.24) is 35.0 Å². The minimum Gasteiger partial charge on any atom is -0.477 e. The van der Waals surface area contributed by atoms with Crippen LogP contribution in [0.25, 0.3) is 16.6 Å². The highest BCUT2D eigenvalue weighted by Crippen LogP contribution is 2.30. The predicted octanol–water partition coefficient (Wildman–Crippen LogP) is 2.62. The van der Waals surface area contributed by atoms with Crippen molar-refractivity contribution < 1.29 is 47.4 Å². The molecule has 5 amide bonds. The largest absolute Gasteiger partial charge is 0.477 e. The van der Waals surface area contributed by atoms with Gasteiger partial charge in [0.1, 0.15) is 27.9 Å². The van der Waals surface area contributed by atoms with Crippen LogP contribution < -0.4 is 20.9 Å². The van der Waals surface area contributed by atoms with Gasteiger partial charge in [0.05, 0.1) is 28.4 Å². The van der Waals surface area contributed by atoms with Gasteiger partial charge in [0.15, 0.2) is 0 Å². The number of piperazine rings is 1. The van der Waals surface area contributed by atoms with Crippen molar-refractivity contribution in [3.63, 3.8) is 0 Å². The number of tetrazole rings is 1. The number of rotatable bonds is 10. The first-order valence-electron chi connectivity index (χ1n) is 17.6. The van der Waals surface area contributed by atoms with E-state index >= 15 is 0 Å². The fraction of sp³-hybridized carbons (Fsp3) is 0.250. The summed E-state index contributed by atoms with van der Waals surface area (Å²) in [5.41, 5.74) is 1.27. The third kappa shape index (κ3) is 8.30. The molecule has 0 bridgehead atoms. The number of nitrogens with zero attached hydrogens (tertiary/aromatic N) is 7. The van der Waals surface area contributed by atoms with E-state index in [-0.39, 0.29) is 64.4 Å². The number of carbonyl (C=O) groups is 6. The first kappa shape index (κ1) is 39.4. The van der Waals surface area contributed by atoms with Gasteiger partial charge in [0, 0.05) is 47.3 Å². The second kappa shape index (κ2) is 15.9. The van der Waals surface area contributed by atoms with Crippen LogP contribution >= 0.6 is 11.6 Å². The molecule has 2 fully saturated rings. The topological polar surface area (TPSA) is 268 Å². The van der Waals surface area contributed by atoms with E-state index in [0.717, 1.165) is 11.0 Å². The Labute approximate surface area is 333 Å². The van der Waals surface area contributed by atoms with E-state index < -0.39 is 57.4 Å². The van der Waals surface area contributed by atoms with E-state index in [4.69, 9.17) is 11.6 Å². The van der Waals surface area contributed by atoms with Crippen LogP contribution in [-0.4, -0.2) is 121 Å². The van der Waals surface area contributed by atoms with E-state index in [1.54, 1.807) is 36.4 Å². The van der Waals surface area contributed by atoms with Crippen molar-refractivity contribution in [2.75, 3.05) is 40.1 Å². The summed E-state index contributed by atoms with van der Waals surface area (Å²) < 4.78 is 25.4. The molecule has 0 spiro atoms. The molecule has 7 rings (SSSR count). The lowest BCUT2D eigenvalue weighted by Crippen LogP contribution is -2.60. The molecule has 3 aromatic carbocycles. The standard InChI is InChI=1S/C36H33ClN10O10S/c37-22-3-7-27(46-19-38-42-43-46)28(18-22)44-11-12-45(33(50)32(44)49)29(31(48)39-25-6-8-26-21(16-25)17-30(34(51)52)47(26)36(54)55)15-20-1-4-23(5-2-20)40-35(53)41-24-9-13-58(56,57)14-10-24/h1-8,16-19,24,29H,9-15H2,(H,39,48)(H,51,52)(H,54,55)(H2,40,41,53)/t29-/m0/s1. The normalized spacial score (nSPS) is 16.2. The fourth-order valence-corrected chi connectivity index (χ4v) is 8.57. The summed E-state index contributed by atoms with van der Waals surface area (Å²) in [6.07, 6.45) is 0.309. The Morgan fingerprint density at radius 3 is 2.26 bits per heavy atom. The number of anilines is 3. The van der Waals surface area contributed by atoms with Crippen molar-refractivity contribution in [2.24, 2.45) is 0 Å². The number of sulfone groups is 1. The minimum absolute atomic E-state index is 0.00854. The summed E-state index contributed by atoms with van der Waals surface area (Å²) in [4.78, 5) is 80.6. The Morgan fingerprint density at radius 2 is 1.59 bits per heavy atom. The van der Waals surface area contributed by atoms with Gasteiger partial charge in [0.2, 0.25) is 5.91 Å². The number of aromatic carboxylic acids is 1. The summed E-state index contributed by atoms with van der Waals surface area (Å²) in [5, 5.41) is 39.0. The van der Waals surface area contributed by atoms with Gasteiger partial charge in [-0.2, -0.15) is 4.68 Å². The number of halogens is 1. The molecule has 0 radical (unpaired) electrons. The maximum Gasteiger partial charge on any atom is 0.416 e. The molecule has 2 aromatic heterocycles.